The van der Waals surface area contributed by atoms with E-state index in [1.807, 2.05) is 32.0 Å². The fourth-order valence-electron chi connectivity index (χ4n) is 1.51. The number of aromatic nitrogens is 3. The molecule has 0 aliphatic rings. The standard InChI is InChI=1S/C12H15BrN4O/c1-9(2)18-12-4-3-11(13)5-10(12)6-16-17-7-14-15-8-17/h3-5,7-9,16H,6H2,1-2H3. The largest absolute Gasteiger partial charge is 0.491 e. The summed E-state index contributed by atoms with van der Waals surface area (Å²) < 4.78 is 8.50. The van der Waals surface area contributed by atoms with Crippen molar-refractivity contribution >= 4 is 15.9 Å². The van der Waals surface area contributed by atoms with Gasteiger partial charge in [-0.15, -0.1) is 10.2 Å². The molecule has 0 aliphatic heterocycles. The van der Waals surface area contributed by atoms with Crippen LogP contribution in [0.5, 0.6) is 5.75 Å². The van der Waals surface area contributed by atoms with Crippen molar-refractivity contribution in [2.75, 3.05) is 5.43 Å². The van der Waals surface area contributed by atoms with Gasteiger partial charge in [-0.1, -0.05) is 15.9 Å². The van der Waals surface area contributed by atoms with Crippen LogP contribution in [-0.4, -0.2) is 21.0 Å². The molecule has 0 atom stereocenters. The molecule has 0 saturated carbocycles. The second-order valence-corrected chi connectivity index (χ2v) is 5.04. The molecule has 0 amide bonds. The summed E-state index contributed by atoms with van der Waals surface area (Å²) in [4.78, 5) is 0. The van der Waals surface area contributed by atoms with Gasteiger partial charge in [-0.25, -0.2) is 4.68 Å². The third kappa shape index (κ3) is 3.46. The first-order valence-corrected chi connectivity index (χ1v) is 6.48. The van der Waals surface area contributed by atoms with Crippen LogP contribution in [0.3, 0.4) is 0 Å². The molecular weight excluding hydrogens is 296 g/mol. The predicted molar refractivity (Wildman–Crippen MR) is 73.0 cm³/mol. The highest BCUT2D eigenvalue weighted by Gasteiger charge is 2.06. The summed E-state index contributed by atoms with van der Waals surface area (Å²) in [7, 11) is 0. The number of hydrogen-bond acceptors (Lipinski definition) is 4. The normalized spacial score (nSPS) is 10.7. The lowest BCUT2D eigenvalue weighted by molar-refractivity contribution is 0.240. The lowest BCUT2D eigenvalue weighted by atomic mass is 10.2. The van der Waals surface area contributed by atoms with E-state index in [0.29, 0.717) is 6.54 Å². The van der Waals surface area contributed by atoms with Crippen molar-refractivity contribution in [2.24, 2.45) is 0 Å². The number of nitrogens with one attached hydrogen (secondary N) is 1. The minimum Gasteiger partial charge on any atom is -0.491 e. The van der Waals surface area contributed by atoms with Gasteiger partial charge in [0.25, 0.3) is 0 Å². The topological polar surface area (TPSA) is 52.0 Å². The van der Waals surface area contributed by atoms with Crippen LogP contribution in [0.15, 0.2) is 35.3 Å². The highest BCUT2D eigenvalue weighted by molar-refractivity contribution is 9.10. The SMILES string of the molecule is CC(C)Oc1ccc(Br)cc1CNn1cnnc1. The molecule has 1 aromatic heterocycles. The third-order valence-electron chi connectivity index (χ3n) is 2.26. The van der Waals surface area contributed by atoms with Crippen molar-refractivity contribution in [2.45, 2.75) is 26.5 Å². The van der Waals surface area contributed by atoms with E-state index in [2.05, 4.69) is 31.6 Å². The zero-order valence-electron chi connectivity index (χ0n) is 10.3. The van der Waals surface area contributed by atoms with Crippen LogP contribution in [0.25, 0.3) is 0 Å². The van der Waals surface area contributed by atoms with Gasteiger partial charge in [-0.05, 0) is 32.0 Å². The Balaban J connectivity index is 2.11. The third-order valence-corrected chi connectivity index (χ3v) is 2.75. The van der Waals surface area contributed by atoms with Crippen molar-refractivity contribution < 1.29 is 4.74 Å². The van der Waals surface area contributed by atoms with E-state index in [-0.39, 0.29) is 6.10 Å². The minimum absolute atomic E-state index is 0.153. The van der Waals surface area contributed by atoms with Crippen molar-refractivity contribution in [1.29, 1.82) is 0 Å². The van der Waals surface area contributed by atoms with Crippen LogP contribution in [0.2, 0.25) is 0 Å². The molecule has 1 heterocycles. The quantitative estimate of drug-likeness (QED) is 0.922. The lowest BCUT2D eigenvalue weighted by Gasteiger charge is -2.15. The highest BCUT2D eigenvalue weighted by atomic mass is 79.9. The van der Waals surface area contributed by atoms with Gasteiger partial charge in [0.15, 0.2) is 0 Å². The summed E-state index contributed by atoms with van der Waals surface area (Å²) in [5, 5.41) is 7.47. The summed E-state index contributed by atoms with van der Waals surface area (Å²) in [6.07, 6.45) is 3.38. The van der Waals surface area contributed by atoms with E-state index >= 15 is 0 Å². The lowest BCUT2D eigenvalue weighted by Crippen LogP contribution is -2.14. The number of nitrogens with zero attached hydrogens (tertiary/aromatic N) is 3. The Morgan fingerprint density at radius 3 is 2.72 bits per heavy atom. The van der Waals surface area contributed by atoms with E-state index in [0.717, 1.165) is 15.8 Å². The monoisotopic (exact) mass is 310 g/mol. The number of hydrogen-bond donors (Lipinski definition) is 1. The summed E-state index contributed by atoms with van der Waals surface area (Å²) in [5.74, 6) is 0.883. The van der Waals surface area contributed by atoms with Gasteiger partial charge in [-0.2, -0.15) is 0 Å². The zero-order valence-corrected chi connectivity index (χ0v) is 11.9. The Kier molecular flexibility index (Phi) is 4.19. The van der Waals surface area contributed by atoms with Crippen molar-refractivity contribution in [3.05, 3.63) is 40.9 Å². The number of halogens is 1. The molecule has 2 aromatic rings. The van der Waals surface area contributed by atoms with Crippen LogP contribution in [0.1, 0.15) is 19.4 Å². The molecule has 96 valence electrons. The van der Waals surface area contributed by atoms with Crippen LogP contribution >= 0.6 is 15.9 Å². The molecule has 5 nitrogen and oxygen atoms in total. The van der Waals surface area contributed by atoms with Gasteiger partial charge < -0.3 is 10.2 Å². The Bertz CT molecular complexity index is 499. The zero-order chi connectivity index (χ0) is 13.0. The average Bonchev–Trinajstić information content (AvgIpc) is 2.82. The maximum absolute atomic E-state index is 5.77. The van der Waals surface area contributed by atoms with Crippen molar-refractivity contribution in [3.8, 4) is 5.75 Å². The average molecular weight is 311 g/mol. The Morgan fingerprint density at radius 1 is 1.33 bits per heavy atom. The van der Waals surface area contributed by atoms with E-state index in [9.17, 15) is 0 Å². The molecule has 0 radical (unpaired) electrons. The highest BCUT2D eigenvalue weighted by Crippen LogP contribution is 2.24. The van der Waals surface area contributed by atoms with Crippen LogP contribution in [0.4, 0.5) is 0 Å². The molecule has 0 bridgehead atoms. The Hall–Kier alpha value is -1.56. The van der Waals surface area contributed by atoms with Gasteiger partial charge >= 0.3 is 0 Å². The van der Waals surface area contributed by atoms with Crippen LogP contribution in [0, 0.1) is 0 Å². The second kappa shape index (κ2) is 5.86. The second-order valence-electron chi connectivity index (χ2n) is 4.12. The fourth-order valence-corrected chi connectivity index (χ4v) is 1.92. The summed E-state index contributed by atoms with van der Waals surface area (Å²) in [5.41, 5.74) is 4.25. The molecule has 2 rings (SSSR count). The Morgan fingerprint density at radius 2 is 2.06 bits per heavy atom. The van der Waals surface area contributed by atoms with Gasteiger partial charge in [0.05, 0.1) is 12.6 Å². The Labute approximate surface area is 114 Å². The van der Waals surface area contributed by atoms with E-state index < -0.39 is 0 Å². The molecule has 0 unspecified atom stereocenters. The summed E-state index contributed by atoms with van der Waals surface area (Å²) >= 11 is 3.47. The van der Waals surface area contributed by atoms with E-state index in [1.165, 1.54) is 0 Å². The first-order valence-electron chi connectivity index (χ1n) is 5.69. The fraction of sp³-hybridized carbons (Fsp3) is 0.333. The van der Waals surface area contributed by atoms with E-state index in [4.69, 9.17) is 4.74 Å². The van der Waals surface area contributed by atoms with Crippen molar-refractivity contribution in [3.63, 3.8) is 0 Å². The van der Waals surface area contributed by atoms with Crippen LogP contribution < -0.4 is 10.2 Å². The molecular formula is C12H15BrN4O. The molecule has 6 heteroatoms. The summed E-state index contributed by atoms with van der Waals surface area (Å²) in [6.45, 7) is 4.66. The van der Waals surface area contributed by atoms with Gasteiger partial charge in [-0.3, -0.25) is 0 Å². The van der Waals surface area contributed by atoms with Gasteiger partial charge in [0, 0.05) is 10.0 Å². The first-order chi connectivity index (χ1) is 8.65. The maximum Gasteiger partial charge on any atom is 0.138 e. The number of rotatable bonds is 5. The minimum atomic E-state index is 0.153. The molecule has 1 N–H and O–H groups in total. The first kappa shape index (κ1) is 12.9. The molecule has 1 aromatic carbocycles. The van der Waals surface area contributed by atoms with E-state index in [1.54, 1.807) is 17.3 Å². The number of benzene rings is 1. The molecule has 0 spiro atoms. The molecule has 0 fully saturated rings. The predicted octanol–water partition coefficient (Wildman–Crippen LogP) is 2.57. The smallest absolute Gasteiger partial charge is 0.138 e. The molecule has 0 saturated heterocycles. The maximum atomic E-state index is 5.77. The van der Waals surface area contributed by atoms with Gasteiger partial charge in [0.1, 0.15) is 18.4 Å². The molecule has 18 heavy (non-hydrogen) atoms. The van der Waals surface area contributed by atoms with Crippen LogP contribution in [-0.2, 0) is 6.54 Å². The van der Waals surface area contributed by atoms with Gasteiger partial charge in [0.2, 0.25) is 0 Å². The summed E-state index contributed by atoms with van der Waals surface area (Å²) in [6, 6.07) is 5.97. The molecule has 0 aliphatic carbocycles. The number of ether oxygens (including phenoxy) is 1. The van der Waals surface area contributed by atoms with Crippen molar-refractivity contribution in [1.82, 2.24) is 14.9 Å².